The fraction of sp³-hybridized carbons (Fsp3) is 0.273. The lowest BCUT2D eigenvalue weighted by atomic mass is 10.4. The molecule has 0 aliphatic rings. The van der Waals surface area contributed by atoms with Crippen molar-refractivity contribution in [2.24, 2.45) is 7.05 Å². The molecule has 1 N–H and O–H groups in total. The Balaban J connectivity index is 1.99. The number of imidazole rings is 1. The minimum absolute atomic E-state index is 0.203. The van der Waals surface area contributed by atoms with Crippen LogP contribution in [0.2, 0.25) is 0 Å². The molecular weight excluding hydrogens is 276 g/mol. The van der Waals surface area contributed by atoms with E-state index < -0.39 is 4.92 Å². The molecule has 0 aliphatic heterocycles. The van der Waals surface area contributed by atoms with Gasteiger partial charge in [0.15, 0.2) is 11.5 Å². The third-order valence-corrected chi connectivity index (χ3v) is 3.01. The Morgan fingerprint density at radius 2 is 2.24 bits per heavy atom. The molecule has 10 heteroatoms. The molecule has 0 saturated heterocycles. The van der Waals surface area contributed by atoms with Crippen LogP contribution in [0.4, 0.5) is 11.6 Å². The van der Waals surface area contributed by atoms with Gasteiger partial charge < -0.3 is 20.0 Å². The maximum absolute atomic E-state index is 10.6. The highest BCUT2D eigenvalue weighted by Gasteiger charge is 2.14. The number of nitrogens with one attached hydrogen (secondary N) is 1. The first kappa shape index (κ1) is 13.0. The van der Waals surface area contributed by atoms with E-state index in [-0.39, 0.29) is 12.4 Å². The molecule has 3 rings (SSSR count). The van der Waals surface area contributed by atoms with Gasteiger partial charge in [0.1, 0.15) is 12.0 Å². The van der Waals surface area contributed by atoms with Crippen LogP contribution in [0, 0.1) is 10.1 Å². The Morgan fingerprint density at radius 1 is 1.43 bits per heavy atom. The molecule has 0 unspecified atom stereocenters. The quantitative estimate of drug-likeness (QED) is 0.550. The molecule has 0 saturated carbocycles. The number of aryl methyl sites for hydroxylation is 1. The van der Waals surface area contributed by atoms with Gasteiger partial charge in [-0.1, -0.05) is 0 Å². The molecular formula is C11H12N8O2. The number of rotatable bonds is 4. The lowest BCUT2D eigenvalue weighted by Gasteiger charge is -2.05. The largest absolute Gasteiger partial charge is 0.381 e. The molecule has 10 nitrogen and oxygen atoms in total. The number of hydrogen-bond donors (Lipinski definition) is 1. The standard InChI is InChI=1S/C11H12N8O2/c1-12-10-7-3-14-17(2)11(7)16-8(15-10)4-18-5-9(13-6-18)19(20)21/h3,5-6H,4H2,1-2H3,(H,12,15,16). The average molecular weight is 288 g/mol. The first-order valence-electron chi connectivity index (χ1n) is 6.11. The van der Waals surface area contributed by atoms with Gasteiger partial charge in [-0.05, 0) is 9.91 Å². The number of fused-ring (bicyclic) bond motifs is 1. The Labute approximate surface area is 118 Å². The number of aromatic nitrogens is 6. The van der Waals surface area contributed by atoms with Gasteiger partial charge in [0.2, 0.25) is 6.33 Å². The predicted octanol–water partition coefficient (Wildman–Crippen LogP) is 0.558. The van der Waals surface area contributed by atoms with Crippen molar-refractivity contribution < 1.29 is 4.92 Å². The lowest BCUT2D eigenvalue weighted by molar-refractivity contribution is -0.389. The van der Waals surface area contributed by atoms with Gasteiger partial charge in [-0.25, -0.2) is 9.97 Å². The predicted molar refractivity (Wildman–Crippen MR) is 73.8 cm³/mol. The van der Waals surface area contributed by atoms with Gasteiger partial charge in [0, 0.05) is 14.1 Å². The van der Waals surface area contributed by atoms with Crippen molar-refractivity contribution in [2.45, 2.75) is 6.54 Å². The maximum atomic E-state index is 10.6. The monoisotopic (exact) mass is 288 g/mol. The second-order valence-electron chi connectivity index (χ2n) is 4.41. The summed E-state index contributed by atoms with van der Waals surface area (Å²) < 4.78 is 3.22. The highest BCUT2D eigenvalue weighted by atomic mass is 16.6. The summed E-state index contributed by atoms with van der Waals surface area (Å²) in [5.74, 6) is 0.978. The van der Waals surface area contributed by atoms with Crippen LogP contribution in [0.1, 0.15) is 5.82 Å². The molecule has 21 heavy (non-hydrogen) atoms. The summed E-state index contributed by atoms with van der Waals surface area (Å²) in [4.78, 5) is 22.6. The smallest absolute Gasteiger partial charge is 0.372 e. The van der Waals surface area contributed by atoms with Gasteiger partial charge in [-0.3, -0.25) is 4.68 Å². The summed E-state index contributed by atoms with van der Waals surface area (Å²) in [6.45, 7) is 0.288. The zero-order chi connectivity index (χ0) is 15.0. The van der Waals surface area contributed by atoms with E-state index in [9.17, 15) is 10.1 Å². The fourth-order valence-electron chi connectivity index (χ4n) is 2.02. The number of nitrogens with zero attached hydrogens (tertiary/aromatic N) is 7. The fourth-order valence-corrected chi connectivity index (χ4v) is 2.02. The summed E-state index contributed by atoms with van der Waals surface area (Å²) in [5, 5.41) is 18.6. The van der Waals surface area contributed by atoms with Crippen LogP contribution >= 0.6 is 0 Å². The maximum Gasteiger partial charge on any atom is 0.381 e. The number of anilines is 1. The second-order valence-corrected chi connectivity index (χ2v) is 4.41. The molecule has 0 atom stereocenters. The summed E-state index contributed by atoms with van der Waals surface area (Å²) in [5.41, 5.74) is 0.693. The van der Waals surface area contributed by atoms with Crippen LogP contribution in [-0.4, -0.2) is 41.3 Å². The Kier molecular flexibility index (Phi) is 2.97. The molecule has 0 radical (unpaired) electrons. The Morgan fingerprint density at radius 3 is 2.90 bits per heavy atom. The third-order valence-electron chi connectivity index (χ3n) is 3.01. The zero-order valence-corrected chi connectivity index (χ0v) is 11.4. The first-order chi connectivity index (χ1) is 10.1. The van der Waals surface area contributed by atoms with E-state index in [1.165, 1.54) is 12.5 Å². The van der Waals surface area contributed by atoms with Gasteiger partial charge in [-0.15, -0.1) is 0 Å². The molecule has 0 aliphatic carbocycles. The highest BCUT2D eigenvalue weighted by Crippen LogP contribution is 2.19. The van der Waals surface area contributed by atoms with Crippen LogP contribution in [0.15, 0.2) is 18.7 Å². The van der Waals surface area contributed by atoms with E-state index >= 15 is 0 Å². The van der Waals surface area contributed by atoms with Crippen molar-refractivity contribution in [3.63, 3.8) is 0 Å². The van der Waals surface area contributed by atoms with Crippen LogP contribution in [0.3, 0.4) is 0 Å². The first-order valence-corrected chi connectivity index (χ1v) is 6.11. The van der Waals surface area contributed by atoms with Crippen molar-refractivity contribution in [2.75, 3.05) is 12.4 Å². The third kappa shape index (κ3) is 2.26. The molecule has 108 valence electrons. The van der Waals surface area contributed by atoms with Crippen LogP contribution in [-0.2, 0) is 13.6 Å². The van der Waals surface area contributed by atoms with Crippen LogP contribution < -0.4 is 5.32 Å². The van der Waals surface area contributed by atoms with Gasteiger partial charge in [0.25, 0.3) is 0 Å². The van der Waals surface area contributed by atoms with E-state index in [0.717, 1.165) is 5.39 Å². The van der Waals surface area contributed by atoms with E-state index in [0.29, 0.717) is 17.3 Å². The molecule has 0 fully saturated rings. The van der Waals surface area contributed by atoms with Gasteiger partial charge >= 0.3 is 5.82 Å². The van der Waals surface area contributed by atoms with E-state index in [1.807, 2.05) is 0 Å². The molecule has 3 aromatic heterocycles. The van der Waals surface area contributed by atoms with Crippen molar-refractivity contribution in [1.29, 1.82) is 0 Å². The zero-order valence-electron chi connectivity index (χ0n) is 11.4. The number of nitro groups is 1. The van der Waals surface area contributed by atoms with E-state index in [4.69, 9.17) is 0 Å². The topological polar surface area (TPSA) is 117 Å². The molecule has 0 spiro atoms. The molecule has 3 aromatic rings. The van der Waals surface area contributed by atoms with Crippen LogP contribution in [0.5, 0.6) is 0 Å². The molecule has 0 bridgehead atoms. The summed E-state index contributed by atoms with van der Waals surface area (Å²) in [6.07, 6.45) is 4.41. The van der Waals surface area contributed by atoms with Crippen molar-refractivity contribution >= 4 is 22.7 Å². The minimum atomic E-state index is -0.541. The van der Waals surface area contributed by atoms with Crippen LogP contribution in [0.25, 0.3) is 11.0 Å². The summed E-state index contributed by atoms with van der Waals surface area (Å²) >= 11 is 0. The summed E-state index contributed by atoms with van der Waals surface area (Å²) in [7, 11) is 3.56. The van der Waals surface area contributed by atoms with E-state index in [2.05, 4.69) is 25.4 Å². The van der Waals surface area contributed by atoms with Crippen molar-refractivity contribution in [3.05, 3.63) is 34.7 Å². The Bertz CT molecular complexity index is 821. The Hall–Kier alpha value is -3.04. The molecule has 3 heterocycles. The highest BCUT2D eigenvalue weighted by molar-refractivity contribution is 5.86. The van der Waals surface area contributed by atoms with Gasteiger partial charge in [-0.2, -0.15) is 5.10 Å². The normalized spacial score (nSPS) is 11.0. The van der Waals surface area contributed by atoms with E-state index in [1.54, 1.807) is 29.5 Å². The summed E-state index contributed by atoms with van der Waals surface area (Å²) in [6, 6.07) is 0. The van der Waals surface area contributed by atoms with Crippen molar-refractivity contribution in [3.8, 4) is 0 Å². The molecule has 0 aromatic carbocycles. The van der Waals surface area contributed by atoms with Gasteiger partial charge in [0.05, 0.1) is 18.1 Å². The average Bonchev–Trinajstić information content (AvgIpc) is 3.06. The minimum Gasteiger partial charge on any atom is -0.372 e. The molecule has 0 amide bonds. The van der Waals surface area contributed by atoms with Crippen molar-refractivity contribution in [1.82, 2.24) is 29.3 Å². The SMILES string of the molecule is CNc1nc(Cn2cnc([N+](=O)[O-])c2)nc2c1cnn2C. The lowest BCUT2D eigenvalue weighted by Crippen LogP contribution is -2.06. The second kappa shape index (κ2) is 4.81. The number of hydrogen-bond acceptors (Lipinski definition) is 7.